The van der Waals surface area contributed by atoms with Crippen LogP contribution in [-0.2, 0) is 4.79 Å². The zero-order chi connectivity index (χ0) is 16.1. The first-order chi connectivity index (χ1) is 11.2. The van der Waals surface area contributed by atoms with Gasteiger partial charge in [-0.05, 0) is 35.4 Å². The SMILES string of the molecule is C[C@@H](NCC(=O)Nc1ccccc1)c1cccc2ccccc12. The van der Waals surface area contributed by atoms with Crippen LogP contribution in [0.3, 0.4) is 0 Å². The van der Waals surface area contributed by atoms with Crippen LogP contribution >= 0.6 is 0 Å². The molecule has 3 aromatic carbocycles. The Hall–Kier alpha value is -2.65. The summed E-state index contributed by atoms with van der Waals surface area (Å²) in [5.74, 6) is -0.0386. The molecule has 23 heavy (non-hydrogen) atoms. The highest BCUT2D eigenvalue weighted by molar-refractivity contribution is 5.92. The molecule has 0 bridgehead atoms. The molecule has 0 aliphatic heterocycles. The number of anilines is 1. The molecule has 0 aliphatic carbocycles. The smallest absolute Gasteiger partial charge is 0.238 e. The first-order valence-corrected chi connectivity index (χ1v) is 7.80. The van der Waals surface area contributed by atoms with Gasteiger partial charge in [-0.1, -0.05) is 60.7 Å². The zero-order valence-corrected chi connectivity index (χ0v) is 13.1. The topological polar surface area (TPSA) is 41.1 Å². The van der Waals surface area contributed by atoms with Crippen LogP contribution in [0.25, 0.3) is 10.8 Å². The molecule has 0 fully saturated rings. The third kappa shape index (κ3) is 3.76. The van der Waals surface area contributed by atoms with E-state index >= 15 is 0 Å². The van der Waals surface area contributed by atoms with Crippen molar-refractivity contribution in [3.05, 3.63) is 78.4 Å². The number of hydrogen-bond donors (Lipinski definition) is 2. The van der Waals surface area contributed by atoms with Gasteiger partial charge >= 0.3 is 0 Å². The summed E-state index contributed by atoms with van der Waals surface area (Å²) in [4.78, 5) is 12.0. The van der Waals surface area contributed by atoms with Crippen molar-refractivity contribution in [2.75, 3.05) is 11.9 Å². The van der Waals surface area contributed by atoms with Crippen LogP contribution in [0.2, 0.25) is 0 Å². The summed E-state index contributed by atoms with van der Waals surface area (Å²) in [6.07, 6.45) is 0. The Labute approximate surface area is 136 Å². The van der Waals surface area contributed by atoms with E-state index in [2.05, 4.69) is 47.9 Å². The number of para-hydroxylation sites is 1. The van der Waals surface area contributed by atoms with Gasteiger partial charge in [0.1, 0.15) is 0 Å². The highest BCUT2D eigenvalue weighted by atomic mass is 16.1. The maximum absolute atomic E-state index is 12.0. The van der Waals surface area contributed by atoms with Gasteiger partial charge in [-0.15, -0.1) is 0 Å². The van der Waals surface area contributed by atoms with E-state index in [0.717, 1.165) is 5.69 Å². The van der Waals surface area contributed by atoms with Crippen molar-refractivity contribution in [2.24, 2.45) is 0 Å². The second kappa shape index (κ2) is 7.07. The van der Waals surface area contributed by atoms with Crippen LogP contribution < -0.4 is 10.6 Å². The molecule has 0 saturated carbocycles. The average molecular weight is 304 g/mol. The summed E-state index contributed by atoms with van der Waals surface area (Å²) in [5, 5.41) is 8.62. The van der Waals surface area contributed by atoms with Crippen molar-refractivity contribution < 1.29 is 4.79 Å². The molecule has 0 unspecified atom stereocenters. The van der Waals surface area contributed by atoms with E-state index in [9.17, 15) is 4.79 Å². The fourth-order valence-corrected chi connectivity index (χ4v) is 2.71. The quantitative estimate of drug-likeness (QED) is 0.744. The molecule has 116 valence electrons. The van der Waals surface area contributed by atoms with Crippen LogP contribution in [-0.4, -0.2) is 12.5 Å². The van der Waals surface area contributed by atoms with Crippen molar-refractivity contribution in [1.82, 2.24) is 5.32 Å². The predicted octanol–water partition coefficient (Wildman–Crippen LogP) is 4.13. The molecular weight excluding hydrogens is 284 g/mol. The average Bonchev–Trinajstić information content (AvgIpc) is 2.60. The van der Waals surface area contributed by atoms with E-state index in [0.29, 0.717) is 0 Å². The summed E-state index contributed by atoms with van der Waals surface area (Å²) in [6.45, 7) is 2.36. The Morgan fingerprint density at radius 3 is 2.43 bits per heavy atom. The van der Waals surface area contributed by atoms with Gasteiger partial charge in [0, 0.05) is 11.7 Å². The minimum Gasteiger partial charge on any atom is -0.325 e. The number of hydrogen-bond acceptors (Lipinski definition) is 2. The molecule has 3 rings (SSSR count). The molecule has 0 radical (unpaired) electrons. The summed E-state index contributed by atoms with van der Waals surface area (Å²) < 4.78 is 0. The van der Waals surface area contributed by atoms with Crippen LogP contribution in [0.1, 0.15) is 18.5 Å². The minimum absolute atomic E-state index is 0.0386. The summed E-state index contributed by atoms with van der Waals surface area (Å²) in [5.41, 5.74) is 2.02. The lowest BCUT2D eigenvalue weighted by Crippen LogP contribution is -2.30. The number of amides is 1. The number of benzene rings is 3. The summed E-state index contributed by atoms with van der Waals surface area (Å²) in [6, 6.07) is 24.2. The standard InChI is InChI=1S/C20H20N2O/c1-15(18-13-7-9-16-8-5-6-12-19(16)18)21-14-20(23)22-17-10-3-2-4-11-17/h2-13,15,21H,14H2,1H3,(H,22,23)/t15-/m1/s1. The second-order valence-corrected chi connectivity index (χ2v) is 5.59. The molecule has 0 heterocycles. The first-order valence-electron chi connectivity index (χ1n) is 7.80. The lowest BCUT2D eigenvalue weighted by molar-refractivity contribution is -0.115. The number of nitrogens with one attached hydrogen (secondary N) is 2. The van der Waals surface area contributed by atoms with E-state index in [1.165, 1.54) is 16.3 Å². The second-order valence-electron chi connectivity index (χ2n) is 5.59. The molecule has 1 amide bonds. The van der Waals surface area contributed by atoms with E-state index in [4.69, 9.17) is 0 Å². The van der Waals surface area contributed by atoms with E-state index < -0.39 is 0 Å². The molecule has 2 N–H and O–H groups in total. The lowest BCUT2D eigenvalue weighted by Gasteiger charge is -2.16. The fraction of sp³-hybridized carbons (Fsp3) is 0.150. The van der Waals surface area contributed by atoms with Crippen LogP contribution in [0.4, 0.5) is 5.69 Å². The lowest BCUT2D eigenvalue weighted by atomic mass is 10.00. The van der Waals surface area contributed by atoms with Gasteiger partial charge in [0.2, 0.25) is 5.91 Å². The Balaban J connectivity index is 1.65. The molecule has 3 aromatic rings. The van der Waals surface area contributed by atoms with Gasteiger partial charge in [-0.2, -0.15) is 0 Å². The third-order valence-electron chi connectivity index (χ3n) is 3.92. The molecule has 0 saturated heterocycles. The number of fused-ring (bicyclic) bond motifs is 1. The molecular formula is C20H20N2O. The van der Waals surface area contributed by atoms with Gasteiger partial charge < -0.3 is 10.6 Å². The van der Waals surface area contributed by atoms with Gasteiger partial charge in [0.05, 0.1) is 6.54 Å². The van der Waals surface area contributed by atoms with Crippen molar-refractivity contribution in [3.63, 3.8) is 0 Å². The molecule has 1 atom stereocenters. The van der Waals surface area contributed by atoms with Crippen molar-refractivity contribution in [1.29, 1.82) is 0 Å². The van der Waals surface area contributed by atoms with Crippen molar-refractivity contribution in [2.45, 2.75) is 13.0 Å². The molecule has 3 nitrogen and oxygen atoms in total. The monoisotopic (exact) mass is 304 g/mol. The number of carbonyl (C=O) groups excluding carboxylic acids is 1. The minimum atomic E-state index is -0.0386. The Bertz CT molecular complexity index is 794. The van der Waals surface area contributed by atoms with Crippen LogP contribution in [0, 0.1) is 0 Å². The summed E-state index contributed by atoms with van der Waals surface area (Å²) >= 11 is 0. The van der Waals surface area contributed by atoms with Gasteiger partial charge in [0.25, 0.3) is 0 Å². The van der Waals surface area contributed by atoms with Crippen LogP contribution in [0.15, 0.2) is 72.8 Å². The van der Waals surface area contributed by atoms with Gasteiger partial charge in [0.15, 0.2) is 0 Å². The van der Waals surface area contributed by atoms with Crippen molar-refractivity contribution in [3.8, 4) is 0 Å². The maximum atomic E-state index is 12.0. The number of carbonyl (C=O) groups is 1. The largest absolute Gasteiger partial charge is 0.325 e. The van der Waals surface area contributed by atoms with E-state index in [-0.39, 0.29) is 18.5 Å². The first kappa shape index (κ1) is 15.3. The molecule has 0 spiro atoms. The Morgan fingerprint density at radius 1 is 0.913 bits per heavy atom. The predicted molar refractivity (Wildman–Crippen MR) is 95.4 cm³/mol. The number of rotatable bonds is 5. The normalized spacial score (nSPS) is 12.0. The molecule has 0 aliphatic rings. The fourth-order valence-electron chi connectivity index (χ4n) is 2.71. The highest BCUT2D eigenvalue weighted by Gasteiger charge is 2.10. The maximum Gasteiger partial charge on any atom is 0.238 e. The van der Waals surface area contributed by atoms with E-state index in [1.807, 2.05) is 42.5 Å². The Morgan fingerprint density at radius 2 is 1.61 bits per heavy atom. The van der Waals surface area contributed by atoms with Crippen LogP contribution in [0.5, 0.6) is 0 Å². The highest BCUT2D eigenvalue weighted by Crippen LogP contribution is 2.23. The van der Waals surface area contributed by atoms with Gasteiger partial charge in [-0.25, -0.2) is 0 Å². The summed E-state index contributed by atoms with van der Waals surface area (Å²) in [7, 11) is 0. The zero-order valence-electron chi connectivity index (χ0n) is 13.1. The molecule has 3 heteroatoms. The van der Waals surface area contributed by atoms with E-state index in [1.54, 1.807) is 0 Å². The third-order valence-corrected chi connectivity index (χ3v) is 3.92. The molecule has 0 aromatic heterocycles. The Kier molecular flexibility index (Phi) is 4.69. The van der Waals surface area contributed by atoms with Crippen molar-refractivity contribution >= 4 is 22.4 Å². The van der Waals surface area contributed by atoms with Gasteiger partial charge in [-0.3, -0.25) is 4.79 Å².